The van der Waals surface area contributed by atoms with Crippen LogP contribution in [-0.4, -0.2) is 61.1 Å². The lowest BCUT2D eigenvalue weighted by Crippen LogP contribution is -2.50. The van der Waals surface area contributed by atoms with Gasteiger partial charge in [-0.05, 0) is 36.4 Å². The number of aromatic nitrogens is 1. The largest absolute Gasteiger partial charge is 0.362 e. The van der Waals surface area contributed by atoms with E-state index in [0.29, 0.717) is 37.4 Å². The van der Waals surface area contributed by atoms with Crippen LogP contribution in [0.2, 0.25) is 0 Å². The van der Waals surface area contributed by atoms with Gasteiger partial charge in [0.15, 0.2) is 0 Å². The van der Waals surface area contributed by atoms with Crippen molar-refractivity contribution in [3.8, 4) is 6.07 Å². The molecule has 1 aromatic heterocycles. The Labute approximate surface area is 163 Å². The molecule has 3 rings (SSSR count). The number of hydrogen-bond donors (Lipinski definition) is 1. The normalized spacial score (nSPS) is 13.7. The van der Waals surface area contributed by atoms with Gasteiger partial charge in [0, 0.05) is 38.1 Å². The molecule has 0 aliphatic carbocycles. The van der Waals surface area contributed by atoms with Crippen molar-refractivity contribution in [2.24, 2.45) is 0 Å². The number of anilines is 2. The Morgan fingerprint density at radius 2 is 1.82 bits per heavy atom. The molecule has 0 unspecified atom stereocenters. The van der Waals surface area contributed by atoms with Crippen LogP contribution in [0, 0.1) is 11.3 Å². The van der Waals surface area contributed by atoms with Crippen molar-refractivity contribution >= 4 is 23.3 Å². The van der Waals surface area contributed by atoms with E-state index in [1.165, 1.54) is 0 Å². The van der Waals surface area contributed by atoms with Gasteiger partial charge >= 0.3 is 0 Å². The van der Waals surface area contributed by atoms with E-state index in [4.69, 9.17) is 10.00 Å². The molecule has 1 aliphatic heterocycles. The van der Waals surface area contributed by atoms with Crippen LogP contribution < -0.4 is 10.2 Å². The first-order valence-electron chi connectivity index (χ1n) is 8.97. The Morgan fingerprint density at radius 1 is 1.07 bits per heavy atom. The monoisotopic (exact) mass is 379 g/mol. The standard InChI is InChI=1S/C20H21N5O3/c21-13-16-4-6-17(7-5-16)23-19(26)14-28-15-20(27)25-11-9-24(10-12-25)18-3-1-2-8-22-18/h1-8H,9-12,14-15H2,(H,23,26). The molecule has 28 heavy (non-hydrogen) atoms. The lowest BCUT2D eigenvalue weighted by Gasteiger charge is -2.35. The molecule has 1 aromatic carbocycles. The fourth-order valence-electron chi connectivity index (χ4n) is 2.87. The highest BCUT2D eigenvalue weighted by Crippen LogP contribution is 2.12. The number of nitriles is 1. The maximum atomic E-state index is 12.3. The number of hydrogen-bond acceptors (Lipinski definition) is 6. The molecular formula is C20H21N5O3. The number of amides is 2. The Hall–Kier alpha value is -3.44. The molecule has 144 valence electrons. The van der Waals surface area contributed by atoms with E-state index in [0.717, 1.165) is 5.82 Å². The number of piperazine rings is 1. The lowest BCUT2D eigenvalue weighted by atomic mass is 10.2. The maximum absolute atomic E-state index is 12.3. The number of nitrogens with one attached hydrogen (secondary N) is 1. The third-order valence-corrected chi connectivity index (χ3v) is 4.36. The second-order valence-corrected chi connectivity index (χ2v) is 6.29. The highest BCUT2D eigenvalue weighted by Gasteiger charge is 2.21. The summed E-state index contributed by atoms with van der Waals surface area (Å²) in [5.41, 5.74) is 1.09. The minimum Gasteiger partial charge on any atom is -0.362 e. The predicted molar refractivity (Wildman–Crippen MR) is 104 cm³/mol. The number of ether oxygens (including phenoxy) is 1. The van der Waals surface area contributed by atoms with Crippen LogP contribution in [0.3, 0.4) is 0 Å². The second kappa shape index (κ2) is 9.48. The topological polar surface area (TPSA) is 98.6 Å². The van der Waals surface area contributed by atoms with Gasteiger partial charge in [0.05, 0.1) is 11.6 Å². The molecule has 1 fully saturated rings. The summed E-state index contributed by atoms with van der Waals surface area (Å²) in [5, 5.41) is 11.4. The van der Waals surface area contributed by atoms with Crippen LogP contribution in [0.25, 0.3) is 0 Å². The van der Waals surface area contributed by atoms with E-state index < -0.39 is 0 Å². The van der Waals surface area contributed by atoms with Crippen LogP contribution >= 0.6 is 0 Å². The second-order valence-electron chi connectivity index (χ2n) is 6.29. The van der Waals surface area contributed by atoms with Gasteiger partial charge in [0.1, 0.15) is 19.0 Å². The van der Waals surface area contributed by atoms with Crippen molar-refractivity contribution in [1.82, 2.24) is 9.88 Å². The molecule has 2 aromatic rings. The van der Waals surface area contributed by atoms with Crippen LogP contribution in [0.1, 0.15) is 5.56 Å². The summed E-state index contributed by atoms with van der Waals surface area (Å²) in [6, 6.07) is 14.3. The van der Waals surface area contributed by atoms with Crippen molar-refractivity contribution in [3.63, 3.8) is 0 Å². The van der Waals surface area contributed by atoms with Crippen LogP contribution in [-0.2, 0) is 14.3 Å². The van der Waals surface area contributed by atoms with Gasteiger partial charge in [0.2, 0.25) is 11.8 Å². The predicted octanol–water partition coefficient (Wildman–Crippen LogP) is 1.26. The molecule has 1 N–H and O–H groups in total. The zero-order chi connectivity index (χ0) is 19.8. The summed E-state index contributed by atoms with van der Waals surface area (Å²) in [6.45, 7) is 2.26. The van der Waals surface area contributed by atoms with Gasteiger partial charge in [-0.25, -0.2) is 4.98 Å². The Kier molecular flexibility index (Phi) is 6.54. The van der Waals surface area contributed by atoms with E-state index in [1.54, 1.807) is 35.4 Å². The molecule has 0 radical (unpaired) electrons. The van der Waals surface area contributed by atoms with Crippen molar-refractivity contribution < 1.29 is 14.3 Å². The van der Waals surface area contributed by atoms with Crippen LogP contribution in [0.4, 0.5) is 11.5 Å². The van der Waals surface area contributed by atoms with Crippen molar-refractivity contribution in [2.75, 3.05) is 49.6 Å². The zero-order valence-corrected chi connectivity index (χ0v) is 15.4. The highest BCUT2D eigenvalue weighted by atomic mass is 16.5. The third kappa shape index (κ3) is 5.28. The molecule has 8 heteroatoms. The van der Waals surface area contributed by atoms with Gasteiger partial charge in [-0.15, -0.1) is 0 Å². The van der Waals surface area contributed by atoms with E-state index in [9.17, 15) is 9.59 Å². The van der Waals surface area contributed by atoms with Crippen LogP contribution in [0.15, 0.2) is 48.7 Å². The summed E-state index contributed by atoms with van der Waals surface area (Å²) in [4.78, 5) is 32.3. The van der Waals surface area contributed by atoms with Gasteiger partial charge in [-0.1, -0.05) is 6.07 Å². The molecular weight excluding hydrogens is 358 g/mol. The Morgan fingerprint density at radius 3 is 2.46 bits per heavy atom. The Balaban J connectivity index is 1.36. The average molecular weight is 379 g/mol. The molecule has 0 saturated carbocycles. The molecule has 2 amide bonds. The molecule has 1 aliphatic rings. The average Bonchev–Trinajstić information content (AvgIpc) is 2.75. The van der Waals surface area contributed by atoms with Gasteiger partial charge in [0.25, 0.3) is 0 Å². The number of rotatable bonds is 6. The van der Waals surface area contributed by atoms with Crippen molar-refractivity contribution in [3.05, 3.63) is 54.2 Å². The fraction of sp³-hybridized carbons (Fsp3) is 0.300. The third-order valence-electron chi connectivity index (χ3n) is 4.36. The highest BCUT2D eigenvalue weighted by molar-refractivity contribution is 5.92. The Bertz CT molecular complexity index is 840. The van der Waals surface area contributed by atoms with Gasteiger partial charge in [-0.3, -0.25) is 9.59 Å². The molecule has 8 nitrogen and oxygen atoms in total. The molecule has 1 saturated heterocycles. The summed E-state index contributed by atoms with van der Waals surface area (Å²) < 4.78 is 5.26. The number of nitrogens with zero attached hydrogens (tertiary/aromatic N) is 4. The zero-order valence-electron chi connectivity index (χ0n) is 15.4. The summed E-state index contributed by atoms with van der Waals surface area (Å²) >= 11 is 0. The SMILES string of the molecule is N#Cc1ccc(NC(=O)COCC(=O)N2CCN(c3ccccn3)CC2)cc1. The number of carbonyl (C=O) groups excluding carboxylic acids is 2. The van der Waals surface area contributed by atoms with E-state index in [2.05, 4.69) is 15.2 Å². The van der Waals surface area contributed by atoms with Crippen molar-refractivity contribution in [2.45, 2.75) is 0 Å². The number of pyridine rings is 1. The molecule has 0 bridgehead atoms. The van der Waals surface area contributed by atoms with E-state index in [1.807, 2.05) is 24.3 Å². The van der Waals surface area contributed by atoms with Crippen LogP contribution in [0.5, 0.6) is 0 Å². The number of benzene rings is 1. The molecule has 2 heterocycles. The summed E-state index contributed by atoms with van der Waals surface area (Å²) in [6.07, 6.45) is 1.75. The molecule has 0 atom stereocenters. The summed E-state index contributed by atoms with van der Waals surface area (Å²) in [7, 11) is 0. The lowest BCUT2D eigenvalue weighted by molar-refractivity contribution is -0.137. The smallest absolute Gasteiger partial charge is 0.250 e. The summed E-state index contributed by atoms with van der Waals surface area (Å²) in [5.74, 6) is 0.426. The quantitative estimate of drug-likeness (QED) is 0.811. The number of carbonyl (C=O) groups is 2. The minimum absolute atomic E-state index is 0.133. The van der Waals surface area contributed by atoms with E-state index in [-0.39, 0.29) is 25.0 Å². The molecule has 0 spiro atoms. The van der Waals surface area contributed by atoms with Crippen molar-refractivity contribution in [1.29, 1.82) is 5.26 Å². The minimum atomic E-state index is -0.350. The fourth-order valence-corrected chi connectivity index (χ4v) is 2.87. The van der Waals surface area contributed by atoms with Gasteiger partial charge in [-0.2, -0.15) is 5.26 Å². The first-order chi connectivity index (χ1) is 13.7. The first kappa shape index (κ1) is 19.3. The van der Waals surface area contributed by atoms with E-state index >= 15 is 0 Å². The maximum Gasteiger partial charge on any atom is 0.250 e. The van der Waals surface area contributed by atoms with Gasteiger partial charge < -0.3 is 19.9 Å². The first-order valence-corrected chi connectivity index (χ1v) is 8.97.